The summed E-state index contributed by atoms with van der Waals surface area (Å²) in [5.74, 6) is -1.00. The van der Waals surface area contributed by atoms with Gasteiger partial charge in [-0.25, -0.2) is 0 Å². The van der Waals surface area contributed by atoms with Crippen molar-refractivity contribution >= 4 is 11.9 Å². The van der Waals surface area contributed by atoms with Crippen molar-refractivity contribution in [1.82, 2.24) is 0 Å². The Morgan fingerprint density at radius 2 is 1.24 bits per heavy atom. The molecule has 0 spiro atoms. The van der Waals surface area contributed by atoms with Crippen molar-refractivity contribution in [1.29, 1.82) is 0 Å². The van der Waals surface area contributed by atoms with Gasteiger partial charge in [0.1, 0.15) is 55.4 Å². The normalized spacial score (nSPS) is 34.7. The highest BCUT2D eigenvalue weighted by Crippen LogP contribution is 2.26. The lowest BCUT2D eigenvalue weighted by Crippen LogP contribution is -2.61. The van der Waals surface area contributed by atoms with E-state index in [-0.39, 0.29) is 26.1 Å². The molecule has 240 valence electrons. The number of rotatable bonds is 17. The fourth-order valence-electron chi connectivity index (χ4n) is 4.25. The van der Waals surface area contributed by atoms with Crippen molar-refractivity contribution in [2.45, 2.75) is 126 Å². The number of esters is 2. The van der Waals surface area contributed by atoms with Gasteiger partial charge in [0, 0.05) is 12.8 Å². The Hall–Kier alpha value is -1.50. The van der Waals surface area contributed by atoms with Gasteiger partial charge in [0.15, 0.2) is 18.7 Å². The van der Waals surface area contributed by atoms with Gasteiger partial charge in [-0.2, -0.15) is 0 Å². The molecule has 2 rings (SSSR count). The molecule has 7 N–H and O–H groups in total. The van der Waals surface area contributed by atoms with Gasteiger partial charge in [0.25, 0.3) is 0 Å². The summed E-state index contributed by atoms with van der Waals surface area (Å²) in [7, 11) is 0. The van der Waals surface area contributed by atoms with Gasteiger partial charge in [-0.05, 0) is 12.8 Å². The molecule has 0 aromatic heterocycles. The molecule has 0 unspecified atom stereocenters. The van der Waals surface area contributed by atoms with E-state index in [1.807, 2.05) is 13.8 Å². The van der Waals surface area contributed by atoms with Crippen molar-refractivity contribution in [2.24, 2.45) is 0 Å². The Balaban J connectivity index is 1.99. The Kier molecular flexibility index (Phi) is 15.9. The van der Waals surface area contributed by atoms with E-state index in [2.05, 4.69) is 0 Å². The summed E-state index contributed by atoms with van der Waals surface area (Å²) >= 11 is 0. The minimum Gasteiger partial charge on any atom is -0.462 e. The van der Waals surface area contributed by atoms with Crippen molar-refractivity contribution < 1.29 is 73.8 Å². The summed E-state index contributed by atoms with van der Waals surface area (Å²) in [6.07, 6.45) is -12.7. The summed E-state index contributed by atoms with van der Waals surface area (Å²) in [5.41, 5.74) is 0. The van der Waals surface area contributed by atoms with E-state index in [0.717, 1.165) is 19.3 Å². The van der Waals surface area contributed by atoms with Crippen LogP contribution in [0.3, 0.4) is 0 Å². The third-order valence-electron chi connectivity index (χ3n) is 6.84. The van der Waals surface area contributed by atoms with Crippen LogP contribution in [-0.2, 0) is 38.0 Å². The van der Waals surface area contributed by atoms with Crippen LogP contribution in [0.1, 0.15) is 58.8 Å². The molecule has 15 heteroatoms. The van der Waals surface area contributed by atoms with Gasteiger partial charge in [0.2, 0.25) is 0 Å². The molecule has 0 bridgehead atoms. The number of aliphatic hydroxyl groups is 7. The number of carbonyl (C=O) groups is 2. The SMILES string of the molecule is CCCCCC(=O)O[C@H](COC(=O)CCCC)CO[C@@H]1O[C@H](CO[C@H]2O[C@H](CO)[C@H](O)[C@H](O)[C@H]2O)[C@H](O)[C@H](O)[C@H]1O. The number of carbonyl (C=O) groups excluding carboxylic acids is 2. The average molecular weight is 599 g/mol. The Morgan fingerprint density at radius 1 is 0.683 bits per heavy atom. The van der Waals surface area contributed by atoms with E-state index in [1.54, 1.807) is 0 Å². The quantitative estimate of drug-likeness (QED) is 0.0699. The molecule has 0 aromatic carbocycles. The van der Waals surface area contributed by atoms with Crippen LogP contribution in [0.15, 0.2) is 0 Å². The number of ether oxygens (including phenoxy) is 6. The molecule has 41 heavy (non-hydrogen) atoms. The van der Waals surface area contributed by atoms with E-state index in [0.29, 0.717) is 12.8 Å². The lowest BCUT2D eigenvalue weighted by atomic mass is 9.98. The molecule has 2 heterocycles. The summed E-state index contributed by atoms with van der Waals surface area (Å²) in [4.78, 5) is 24.3. The van der Waals surface area contributed by atoms with Gasteiger partial charge in [-0.1, -0.05) is 33.1 Å². The first-order chi connectivity index (χ1) is 19.5. The second kappa shape index (κ2) is 18.2. The smallest absolute Gasteiger partial charge is 0.306 e. The average Bonchev–Trinajstić information content (AvgIpc) is 2.96. The fourth-order valence-corrected chi connectivity index (χ4v) is 4.25. The first-order valence-electron chi connectivity index (χ1n) is 14.1. The Morgan fingerprint density at radius 3 is 1.85 bits per heavy atom. The third kappa shape index (κ3) is 10.9. The standard InChI is InChI=1S/C26H46O15/c1-3-5-7-9-18(29)39-14(11-36-17(28)8-6-4-2)12-37-25-24(35)22(33)20(31)16(41-25)13-38-26-23(34)21(32)19(30)15(10-27)40-26/h14-16,19-27,30-35H,3-13H2,1-2H3/t14-,15-,16-,19+,20+,21+,22+,23-,24-,25-,26+/m1/s1. The highest BCUT2D eigenvalue weighted by molar-refractivity contribution is 5.70. The van der Waals surface area contributed by atoms with Crippen molar-refractivity contribution in [3.63, 3.8) is 0 Å². The second-order valence-electron chi connectivity index (χ2n) is 10.2. The highest BCUT2D eigenvalue weighted by Gasteiger charge is 2.47. The minimum absolute atomic E-state index is 0.152. The largest absolute Gasteiger partial charge is 0.462 e. The van der Waals surface area contributed by atoms with Crippen molar-refractivity contribution in [3.8, 4) is 0 Å². The zero-order chi connectivity index (χ0) is 30.5. The predicted octanol–water partition coefficient (Wildman–Crippen LogP) is -2.15. The zero-order valence-electron chi connectivity index (χ0n) is 23.5. The molecule has 0 saturated carbocycles. The first kappa shape index (κ1) is 35.7. The molecule has 2 aliphatic heterocycles. The molecule has 11 atom stereocenters. The van der Waals surface area contributed by atoms with Gasteiger partial charge in [-0.15, -0.1) is 0 Å². The molecule has 0 aliphatic carbocycles. The maximum Gasteiger partial charge on any atom is 0.306 e. The second-order valence-corrected chi connectivity index (χ2v) is 10.2. The fraction of sp³-hybridized carbons (Fsp3) is 0.923. The first-order valence-corrected chi connectivity index (χ1v) is 14.1. The van der Waals surface area contributed by atoms with Gasteiger partial charge < -0.3 is 64.2 Å². The molecule has 15 nitrogen and oxygen atoms in total. The van der Waals surface area contributed by atoms with Crippen LogP contribution >= 0.6 is 0 Å². The Bertz CT molecular complexity index is 767. The van der Waals surface area contributed by atoms with Crippen LogP contribution in [0.5, 0.6) is 0 Å². The molecule has 0 radical (unpaired) electrons. The molecule has 2 saturated heterocycles. The van der Waals surface area contributed by atoms with Crippen LogP contribution < -0.4 is 0 Å². The molecule has 2 fully saturated rings. The molecular weight excluding hydrogens is 552 g/mol. The molecule has 0 aromatic rings. The molecule has 0 amide bonds. The summed E-state index contributed by atoms with van der Waals surface area (Å²) in [6.45, 7) is 2.02. The van der Waals surface area contributed by atoms with E-state index in [9.17, 15) is 45.3 Å². The summed E-state index contributed by atoms with van der Waals surface area (Å²) < 4.78 is 32.4. The minimum atomic E-state index is -1.75. The lowest BCUT2D eigenvalue weighted by molar-refractivity contribution is -0.332. The number of hydrogen-bond acceptors (Lipinski definition) is 15. The zero-order valence-corrected chi connectivity index (χ0v) is 23.5. The number of hydrogen-bond donors (Lipinski definition) is 7. The third-order valence-corrected chi connectivity index (χ3v) is 6.84. The molecule has 2 aliphatic rings. The van der Waals surface area contributed by atoms with Crippen LogP contribution in [0.2, 0.25) is 0 Å². The van der Waals surface area contributed by atoms with E-state index < -0.39 is 92.7 Å². The number of unbranched alkanes of at least 4 members (excludes halogenated alkanes) is 3. The van der Waals surface area contributed by atoms with E-state index in [4.69, 9.17) is 28.4 Å². The topological polar surface area (TPSA) is 231 Å². The van der Waals surface area contributed by atoms with E-state index >= 15 is 0 Å². The van der Waals surface area contributed by atoms with Crippen LogP contribution in [-0.4, -0.2) is 142 Å². The van der Waals surface area contributed by atoms with E-state index in [1.165, 1.54) is 0 Å². The maximum atomic E-state index is 12.3. The maximum absolute atomic E-state index is 12.3. The predicted molar refractivity (Wildman–Crippen MR) is 137 cm³/mol. The van der Waals surface area contributed by atoms with Gasteiger partial charge in [0.05, 0.1) is 19.8 Å². The van der Waals surface area contributed by atoms with Crippen molar-refractivity contribution in [3.05, 3.63) is 0 Å². The van der Waals surface area contributed by atoms with Crippen molar-refractivity contribution in [2.75, 3.05) is 26.4 Å². The summed E-state index contributed by atoms with van der Waals surface area (Å²) in [5, 5.41) is 70.5. The van der Waals surface area contributed by atoms with Gasteiger partial charge in [-0.3, -0.25) is 9.59 Å². The van der Waals surface area contributed by atoms with Gasteiger partial charge >= 0.3 is 11.9 Å². The van der Waals surface area contributed by atoms with Crippen LogP contribution in [0.25, 0.3) is 0 Å². The highest BCUT2D eigenvalue weighted by atomic mass is 16.7. The number of aliphatic hydroxyl groups excluding tert-OH is 7. The lowest BCUT2D eigenvalue weighted by Gasteiger charge is -2.42. The summed E-state index contributed by atoms with van der Waals surface area (Å²) in [6, 6.07) is 0. The Labute approximate surface area is 238 Å². The van der Waals surface area contributed by atoms with Crippen LogP contribution in [0, 0.1) is 0 Å². The molecular formula is C26H46O15. The monoisotopic (exact) mass is 598 g/mol. The van der Waals surface area contributed by atoms with Crippen LogP contribution in [0.4, 0.5) is 0 Å².